The number of nitrogens with one attached hydrogen (secondary N) is 2. The molecule has 44 heavy (non-hydrogen) atoms. The third-order valence-corrected chi connectivity index (χ3v) is 8.91. The average Bonchev–Trinajstić information content (AvgIpc) is 2.95. The van der Waals surface area contributed by atoms with Gasteiger partial charge in [-0.2, -0.15) is 4.31 Å². The van der Waals surface area contributed by atoms with Gasteiger partial charge in [0.1, 0.15) is 11.6 Å². The summed E-state index contributed by atoms with van der Waals surface area (Å²) in [5.41, 5.74) is 6.36. The molecular weight excluding hydrogens is 580 g/mol. The van der Waals surface area contributed by atoms with Gasteiger partial charge in [0.25, 0.3) is 0 Å². The highest BCUT2D eigenvalue weighted by atomic mass is 32.2. The molecule has 3 rings (SSSR count). The maximum atomic E-state index is 13.5. The number of hydrogen-bond donors (Lipinski definition) is 4. The number of amides is 2. The van der Waals surface area contributed by atoms with E-state index in [1.807, 2.05) is 56.3 Å². The minimum atomic E-state index is -3.90. The summed E-state index contributed by atoms with van der Waals surface area (Å²) < 4.78 is 33.8. The minimum absolute atomic E-state index is 0.0149. The zero-order valence-corrected chi connectivity index (χ0v) is 27.1. The van der Waals surface area contributed by atoms with Gasteiger partial charge in [-0.15, -0.1) is 0 Å². The molecule has 0 aromatic heterocycles. The number of carbonyl (C=O) groups is 2. The number of rotatable bonds is 14. The first-order valence-electron chi connectivity index (χ1n) is 14.9. The fraction of sp³-hybridized carbons (Fsp3) is 0.455. The molecule has 11 heteroatoms. The van der Waals surface area contributed by atoms with Crippen molar-refractivity contribution in [3.63, 3.8) is 0 Å². The van der Waals surface area contributed by atoms with E-state index in [1.165, 1.54) is 28.6 Å². The Kier molecular flexibility index (Phi) is 12.2. The second-order valence-corrected chi connectivity index (χ2v) is 14.2. The van der Waals surface area contributed by atoms with Crippen LogP contribution in [0.4, 0.5) is 10.5 Å². The number of sulfonamides is 1. The molecule has 240 valence electrons. The monoisotopic (exact) mass is 626 g/mol. The van der Waals surface area contributed by atoms with Crippen molar-refractivity contribution < 1.29 is 27.9 Å². The van der Waals surface area contributed by atoms with E-state index in [0.717, 1.165) is 16.3 Å². The Morgan fingerprint density at radius 2 is 1.66 bits per heavy atom. The molecule has 0 bridgehead atoms. The lowest BCUT2D eigenvalue weighted by atomic mass is 9.98. The van der Waals surface area contributed by atoms with Crippen molar-refractivity contribution in [1.82, 2.24) is 14.9 Å². The fourth-order valence-corrected chi connectivity index (χ4v) is 6.74. The summed E-state index contributed by atoms with van der Waals surface area (Å²) in [5.74, 6) is -0.376. The number of anilines is 1. The van der Waals surface area contributed by atoms with E-state index < -0.39 is 39.7 Å². The zero-order valence-electron chi connectivity index (χ0n) is 26.2. The number of nitrogens with zero attached hydrogens (tertiary/aromatic N) is 1. The van der Waals surface area contributed by atoms with Crippen LogP contribution in [0.2, 0.25) is 0 Å². The van der Waals surface area contributed by atoms with Gasteiger partial charge in [0, 0.05) is 31.2 Å². The van der Waals surface area contributed by atoms with E-state index in [9.17, 15) is 23.1 Å². The first-order chi connectivity index (χ1) is 20.7. The zero-order chi connectivity index (χ0) is 32.5. The minimum Gasteiger partial charge on any atom is -0.444 e. The maximum absolute atomic E-state index is 13.5. The Morgan fingerprint density at radius 3 is 2.30 bits per heavy atom. The number of carbonyl (C=O) groups excluding carboxylic acids is 2. The van der Waals surface area contributed by atoms with E-state index in [-0.39, 0.29) is 36.9 Å². The molecule has 0 fully saturated rings. The molecule has 0 heterocycles. The fourth-order valence-electron chi connectivity index (χ4n) is 4.93. The summed E-state index contributed by atoms with van der Waals surface area (Å²) in [7, 11) is -3.90. The third kappa shape index (κ3) is 9.93. The highest BCUT2D eigenvalue weighted by Crippen LogP contribution is 2.23. The topological polar surface area (TPSA) is 151 Å². The van der Waals surface area contributed by atoms with Crippen LogP contribution >= 0.6 is 0 Å². The Balaban J connectivity index is 1.71. The molecule has 0 aliphatic rings. The normalized spacial score (nSPS) is 13.5. The summed E-state index contributed by atoms with van der Waals surface area (Å²) in [4.78, 5) is 26.2. The standard InChI is InChI=1S/C33H46N4O6S/c1-23(2)21-37(44(41,42)28-17-15-26(34)16-18-28)27(22-38)13-9-19-35-31(39)30(36-32(40)43-33(3,4)5)20-25-12-8-11-24-10-6-7-14-29(24)25/h6-8,10-12,14-18,23,27,30,38H,9,13,19-22,34H2,1-5H3,(H,35,39)(H,36,40). The van der Waals surface area contributed by atoms with Gasteiger partial charge < -0.3 is 26.2 Å². The lowest BCUT2D eigenvalue weighted by Gasteiger charge is -2.31. The van der Waals surface area contributed by atoms with E-state index >= 15 is 0 Å². The second-order valence-electron chi connectivity index (χ2n) is 12.3. The van der Waals surface area contributed by atoms with Crippen LogP contribution in [0.1, 0.15) is 53.0 Å². The number of alkyl carbamates (subject to hydrolysis) is 1. The van der Waals surface area contributed by atoms with E-state index in [4.69, 9.17) is 10.5 Å². The van der Waals surface area contributed by atoms with E-state index in [0.29, 0.717) is 18.5 Å². The van der Waals surface area contributed by atoms with Gasteiger partial charge in [-0.3, -0.25) is 4.79 Å². The summed E-state index contributed by atoms with van der Waals surface area (Å²) >= 11 is 0. The van der Waals surface area contributed by atoms with Gasteiger partial charge in [-0.1, -0.05) is 56.3 Å². The molecule has 5 N–H and O–H groups in total. The Hall–Kier alpha value is -3.67. The maximum Gasteiger partial charge on any atom is 0.408 e. The van der Waals surface area contributed by atoms with Crippen LogP contribution in [0.15, 0.2) is 71.6 Å². The number of nitrogen functional groups attached to an aromatic ring is 1. The first-order valence-corrected chi connectivity index (χ1v) is 16.4. The highest BCUT2D eigenvalue weighted by molar-refractivity contribution is 7.89. The SMILES string of the molecule is CC(C)CN(C(CO)CCCNC(=O)C(Cc1cccc2ccccc12)NC(=O)OC(C)(C)C)S(=O)(=O)c1ccc(N)cc1. The van der Waals surface area contributed by atoms with Gasteiger partial charge >= 0.3 is 6.09 Å². The van der Waals surface area contributed by atoms with Crippen LogP contribution in [0.3, 0.4) is 0 Å². The lowest BCUT2D eigenvalue weighted by molar-refractivity contribution is -0.123. The molecule has 0 saturated heterocycles. The molecule has 0 aliphatic carbocycles. The molecule has 2 atom stereocenters. The van der Waals surface area contributed by atoms with Crippen molar-refractivity contribution in [2.24, 2.45) is 5.92 Å². The van der Waals surface area contributed by atoms with Gasteiger partial charge in [0.15, 0.2) is 0 Å². The summed E-state index contributed by atoms with van der Waals surface area (Å²) in [5, 5.41) is 17.8. The summed E-state index contributed by atoms with van der Waals surface area (Å²) in [6.45, 7) is 9.13. The molecule has 0 radical (unpaired) electrons. The van der Waals surface area contributed by atoms with Gasteiger partial charge in [-0.25, -0.2) is 13.2 Å². The van der Waals surface area contributed by atoms with Crippen LogP contribution in [0.25, 0.3) is 10.8 Å². The van der Waals surface area contributed by atoms with Gasteiger partial charge in [0.05, 0.1) is 11.5 Å². The summed E-state index contributed by atoms with van der Waals surface area (Å²) in [6.07, 6.45) is 0.255. The van der Waals surface area contributed by atoms with Crippen molar-refractivity contribution in [2.45, 2.75) is 76.5 Å². The third-order valence-electron chi connectivity index (χ3n) is 6.97. The number of aliphatic hydroxyl groups is 1. The van der Waals surface area contributed by atoms with E-state index in [2.05, 4.69) is 10.6 Å². The number of ether oxygens (including phenoxy) is 1. The second kappa shape index (κ2) is 15.4. The van der Waals surface area contributed by atoms with Crippen molar-refractivity contribution in [3.8, 4) is 0 Å². The van der Waals surface area contributed by atoms with Crippen LogP contribution in [0.5, 0.6) is 0 Å². The van der Waals surface area contributed by atoms with Crippen LogP contribution in [0, 0.1) is 5.92 Å². The molecular formula is C33H46N4O6S. The molecule has 3 aromatic carbocycles. The first kappa shape index (κ1) is 34.8. The molecule has 0 spiro atoms. The summed E-state index contributed by atoms with van der Waals surface area (Å²) in [6, 6.07) is 18.0. The average molecular weight is 627 g/mol. The Bertz CT molecular complexity index is 1500. The lowest BCUT2D eigenvalue weighted by Crippen LogP contribution is -2.49. The van der Waals surface area contributed by atoms with Crippen molar-refractivity contribution in [2.75, 3.05) is 25.4 Å². The predicted octanol–water partition coefficient (Wildman–Crippen LogP) is 4.46. The van der Waals surface area contributed by atoms with Crippen molar-refractivity contribution >= 4 is 38.5 Å². The number of aliphatic hydroxyl groups excluding tert-OH is 1. The predicted molar refractivity (Wildman–Crippen MR) is 174 cm³/mol. The molecule has 10 nitrogen and oxygen atoms in total. The Morgan fingerprint density at radius 1 is 1.00 bits per heavy atom. The number of benzene rings is 3. The number of fused-ring (bicyclic) bond motifs is 1. The molecule has 0 aliphatic heterocycles. The van der Waals surface area contributed by atoms with Gasteiger partial charge in [0.2, 0.25) is 15.9 Å². The van der Waals surface area contributed by atoms with Crippen molar-refractivity contribution in [1.29, 1.82) is 0 Å². The quantitative estimate of drug-likeness (QED) is 0.152. The van der Waals surface area contributed by atoms with Crippen molar-refractivity contribution in [3.05, 3.63) is 72.3 Å². The van der Waals surface area contributed by atoms with Crippen LogP contribution in [-0.4, -0.2) is 67.2 Å². The van der Waals surface area contributed by atoms with Crippen LogP contribution in [-0.2, 0) is 26.0 Å². The molecule has 2 amide bonds. The Labute approximate surface area is 261 Å². The smallest absolute Gasteiger partial charge is 0.408 e. The highest BCUT2D eigenvalue weighted by Gasteiger charge is 2.32. The molecule has 0 saturated carbocycles. The largest absolute Gasteiger partial charge is 0.444 e. The number of nitrogens with two attached hydrogens (primary N) is 1. The van der Waals surface area contributed by atoms with Crippen LogP contribution < -0.4 is 16.4 Å². The van der Waals surface area contributed by atoms with E-state index in [1.54, 1.807) is 20.8 Å². The number of hydrogen-bond acceptors (Lipinski definition) is 7. The van der Waals surface area contributed by atoms with Gasteiger partial charge in [-0.05, 0) is 80.1 Å². The molecule has 2 unspecified atom stereocenters. The molecule has 3 aromatic rings.